The van der Waals surface area contributed by atoms with Crippen molar-refractivity contribution in [1.82, 2.24) is 0 Å². The lowest BCUT2D eigenvalue weighted by Crippen LogP contribution is -2.53. The highest BCUT2D eigenvalue weighted by molar-refractivity contribution is 8.00. The SMILES string of the molecule is CC(C)O[C@H]1OC(CCCCSC(C)C)[C@@H](OC(C)C)[C@H](CCCSC(C)C)C1C. The second-order valence-corrected chi connectivity index (χ2v) is 13.2. The standard InChI is InChI=1S/C25H50O3S2/c1-17(2)26-24-22(13-12-16-30-20(7)8)21(9)25(27-18(3)4)28-23(24)14-10-11-15-29-19(5)6/h17-25H,10-16H2,1-9H3/t21?,22-,23?,24+,25+/m1/s1. The Kier molecular flexibility index (Phi) is 14.7. The van der Waals surface area contributed by atoms with Gasteiger partial charge in [-0.1, -0.05) is 34.6 Å². The molecule has 1 aliphatic rings. The Morgan fingerprint density at radius 3 is 1.83 bits per heavy atom. The minimum Gasteiger partial charge on any atom is -0.373 e. The molecular weight excluding hydrogens is 412 g/mol. The van der Waals surface area contributed by atoms with Crippen LogP contribution in [0.3, 0.4) is 0 Å². The van der Waals surface area contributed by atoms with Crippen molar-refractivity contribution in [2.24, 2.45) is 11.8 Å². The molecule has 1 heterocycles. The first kappa shape index (κ1) is 28.6. The summed E-state index contributed by atoms with van der Waals surface area (Å²) in [5.74, 6) is 3.31. The molecule has 0 aromatic rings. The van der Waals surface area contributed by atoms with E-state index in [9.17, 15) is 0 Å². The topological polar surface area (TPSA) is 27.7 Å². The number of rotatable bonds is 15. The van der Waals surface area contributed by atoms with E-state index in [-0.39, 0.29) is 30.7 Å². The Labute approximate surface area is 196 Å². The zero-order valence-electron chi connectivity index (χ0n) is 21.2. The average Bonchev–Trinajstić information content (AvgIpc) is 2.62. The van der Waals surface area contributed by atoms with E-state index in [1.165, 1.54) is 37.2 Å². The molecule has 2 unspecified atom stereocenters. The second-order valence-electron chi connectivity index (χ2n) is 9.88. The van der Waals surface area contributed by atoms with Crippen LogP contribution in [0.2, 0.25) is 0 Å². The maximum absolute atomic E-state index is 6.57. The summed E-state index contributed by atoms with van der Waals surface area (Å²) in [6.07, 6.45) is 6.54. The molecule has 0 bridgehead atoms. The highest BCUT2D eigenvalue weighted by atomic mass is 32.2. The van der Waals surface area contributed by atoms with E-state index < -0.39 is 0 Å². The summed E-state index contributed by atoms with van der Waals surface area (Å²) in [5.41, 5.74) is 0. The molecule has 3 nitrogen and oxygen atoms in total. The third kappa shape index (κ3) is 11.4. The summed E-state index contributed by atoms with van der Waals surface area (Å²) in [6, 6.07) is 0. The quantitative estimate of drug-likeness (QED) is 0.236. The van der Waals surface area contributed by atoms with E-state index in [0.29, 0.717) is 22.3 Å². The molecule has 5 heteroatoms. The molecular formula is C25H50O3S2. The highest BCUT2D eigenvalue weighted by Gasteiger charge is 2.44. The second kappa shape index (κ2) is 15.4. The van der Waals surface area contributed by atoms with Crippen LogP contribution in [0.25, 0.3) is 0 Å². The molecule has 1 aliphatic heterocycles. The predicted molar refractivity (Wildman–Crippen MR) is 136 cm³/mol. The maximum atomic E-state index is 6.57. The summed E-state index contributed by atoms with van der Waals surface area (Å²) < 4.78 is 19.3. The zero-order valence-corrected chi connectivity index (χ0v) is 22.8. The van der Waals surface area contributed by atoms with E-state index in [4.69, 9.17) is 14.2 Å². The first-order valence-electron chi connectivity index (χ1n) is 12.3. The van der Waals surface area contributed by atoms with Crippen LogP contribution >= 0.6 is 23.5 Å². The monoisotopic (exact) mass is 462 g/mol. The number of hydrogen-bond acceptors (Lipinski definition) is 5. The van der Waals surface area contributed by atoms with Gasteiger partial charge >= 0.3 is 0 Å². The first-order valence-corrected chi connectivity index (χ1v) is 14.4. The lowest BCUT2D eigenvalue weighted by Gasteiger charge is -2.47. The predicted octanol–water partition coefficient (Wildman–Crippen LogP) is 7.42. The molecule has 0 radical (unpaired) electrons. The van der Waals surface area contributed by atoms with Crippen LogP contribution in [0, 0.1) is 11.8 Å². The molecule has 1 fully saturated rings. The maximum Gasteiger partial charge on any atom is 0.161 e. The highest BCUT2D eigenvalue weighted by Crippen LogP contribution is 2.39. The molecule has 180 valence electrons. The van der Waals surface area contributed by atoms with Crippen molar-refractivity contribution in [3.63, 3.8) is 0 Å². The smallest absolute Gasteiger partial charge is 0.161 e. The van der Waals surface area contributed by atoms with Gasteiger partial charge in [0.25, 0.3) is 0 Å². The van der Waals surface area contributed by atoms with Gasteiger partial charge in [-0.25, -0.2) is 0 Å². The minimum atomic E-state index is -0.116. The van der Waals surface area contributed by atoms with Crippen LogP contribution in [-0.2, 0) is 14.2 Å². The van der Waals surface area contributed by atoms with Crippen LogP contribution in [0.5, 0.6) is 0 Å². The molecule has 5 atom stereocenters. The third-order valence-electron chi connectivity index (χ3n) is 5.50. The van der Waals surface area contributed by atoms with Crippen LogP contribution in [0.4, 0.5) is 0 Å². The van der Waals surface area contributed by atoms with Gasteiger partial charge in [-0.2, -0.15) is 23.5 Å². The fourth-order valence-electron chi connectivity index (χ4n) is 4.14. The number of unbranched alkanes of at least 4 members (excludes halogenated alkanes) is 1. The Bertz CT molecular complexity index is 429. The van der Waals surface area contributed by atoms with Gasteiger partial charge in [-0.15, -0.1) is 0 Å². The number of hydrogen-bond donors (Lipinski definition) is 0. The summed E-state index contributed by atoms with van der Waals surface area (Å²) in [4.78, 5) is 0. The molecule has 0 amide bonds. The van der Waals surface area contributed by atoms with Crippen LogP contribution < -0.4 is 0 Å². The van der Waals surface area contributed by atoms with Crippen molar-refractivity contribution >= 4 is 23.5 Å². The van der Waals surface area contributed by atoms with Gasteiger partial charge in [-0.3, -0.25) is 0 Å². The molecule has 0 saturated carbocycles. The lowest BCUT2D eigenvalue weighted by molar-refractivity contribution is -0.287. The number of thioether (sulfide) groups is 2. The van der Waals surface area contributed by atoms with Gasteiger partial charge in [0.2, 0.25) is 0 Å². The van der Waals surface area contributed by atoms with Gasteiger partial charge in [0.1, 0.15) is 0 Å². The van der Waals surface area contributed by atoms with Crippen molar-refractivity contribution in [3.8, 4) is 0 Å². The summed E-state index contributed by atoms with van der Waals surface area (Å²) in [7, 11) is 0. The van der Waals surface area contributed by atoms with E-state index in [0.717, 1.165) is 6.42 Å². The van der Waals surface area contributed by atoms with E-state index in [1.807, 2.05) is 0 Å². The zero-order chi connectivity index (χ0) is 22.7. The van der Waals surface area contributed by atoms with Crippen molar-refractivity contribution in [2.75, 3.05) is 11.5 Å². The third-order valence-corrected chi connectivity index (χ3v) is 7.89. The van der Waals surface area contributed by atoms with Gasteiger partial charge in [0, 0.05) is 5.92 Å². The van der Waals surface area contributed by atoms with E-state index in [1.54, 1.807) is 0 Å². The van der Waals surface area contributed by atoms with E-state index in [2.05, 4.69) is 85.8 Å². The molecule has 30 heavy (non-hydrogen) atoms. The summed E-state index contributed by atoms with van der Waals surface area (Å²) in [5, 5.41) is 1.42. The summed E-state index contributed by atoms with van der Waals surface area (Å²) in [6.45, 7) is 20.0. The normalized spacial score (nSPS) is 27.7. The van der Waals surface area contributed by atoms with Crippen molar-refractivity contribution in [1.29, 1.82) is 0 Å². The fraction of sp³-hybridized carbons (Fsp3) is 1.00. The van der Waals surface area contributed by atoms with Gasteiger partial charge in [-0.05, 0) is 87.7 Å². The molecule has 0 N–H and O–H groups in total. The summed E-state index contributed by atoms with van der Waals surface area (Å²) >= 11 is 4.12. The molecule has 0 aromatic heterocycles. The van der Waals surface area contributed by atoms with E-state index >= 15 is 0 Å². The molecule has 0 aliphatic carbocycles. The first-order chi connectivity index (χ1) is 14.1. The number of ether oxygens (including phenoxy) is 3. The Balaban J connectivity index is 2.82. The van der Waals surface area contributed by atoms with Crippen molar-refractivity contribution in [3.05, 3.63) is 0 Å². The molecule has 0 aromatic carbocycles. The van der Waals surface area contributed by atoms with Crippen molar-refractivity contribution < 1.29 is 14.2 Å². The van der Waals surface area contributed by atoms with Gasteiger partial charge in [0.05, 0.1) is 24.4 Å². The van der Waals surface area contributed by atoms with Crippen molar-refractivity contribution in [2.45, 2.75) is 136 Å². The Morgan fingerprint density at radius 1 is 0.733 bits per heavy atom. The fourth-order valence-corrected chi connectivity index (χ4v) is 5.79. The van der Waals surface area contributed by atoms with Crippen LogP contribution in [0.15, 0.2) is 0 Å². The molecule has 1 rings (SSSR count). The minimum absolute atomic E-state index is 0.116. The van der Waals surface area contributed by atoms with Gasteiger partial charge < -0.3 is 14.2 Å². The largest absolute Gasteiger partial charge is 0.373 e. The van der Waals surface area contributed by atoms with Crippen LogP contribution in [0.1, 0.15) is 94.4 Å². The lowest BCUT2D eigenvalue weighted by atomic mass is 9.79. The molecule has 0 spiro atoms. The average molecular weight is 463 g/mol. The van der Waals surface area contributed by atoms with Gasteiger partial charge in [0.15, 0.2) is 6.29 Å². The Hall–Kier alpha value is 0.580. The molecule has 1 saturated heterocycles. The Morgan fingerprint density at radius 2 is 1.30 bits per heavy atom. The van der Waals surface area contributed by atoms with Crippen LogP contribution in [-0.4, -0.2) is 52.7 Å².